The lowest BCUT2D eigenvalue weighted by Gasteiger charge is -2.15. The molecule has 0 heterocycles. The van der Waals surface area contributed by atoms with Gasteiger partial charge in [0.15, 0.2) is 0 Å². The van der Waals surface area contributed by atoms with Crippen LogP contribution in [0.15, 0.2) is 18.2 Å². The van der Waals surface area contributed by atoms with Crippen LogP contribution in [0.1, 0.15) is 37.8 Å². The monoisotopic (exact) mass is 257 g/mol. The number of unbranched alkanes of at least 4 members (excludes halogenated alkanes) is 2. The molecule has 102 valence electrons. The molecule has 18 heavy (non-hydrogen) atoms. The van der Waals surface area contributed by atoms with Gasteiger partial charge in [0.2, 0.25) is 0 Å². The predicted molar refractivity (Wildman–Crippen MR) is 68.5 cm³/mol. The largest absolute Gasteiger partial charge is 0.385 e. The Hall–Kier alpha value is -1.00. The average Bonchev–Trinajstić information content (AvgIpc) is 2.33. The lowest BCUT2D eigenvalue weighted by Crippen LogP contribution is -2.21. The van der Waals surface area contributed by atoms with Crippen molar-refractivity contribution >= 4 is 0 Å². The number of rotatable bonds is 8. The van der Waals surface area contributed by atoms with Gasteiger partial charge in [0.05, 0.1) is 0 Å². The van der Waals surface area contributed by atoms with Crippen molar-refractivity contribution in [1.82, 2.24) is 5.32 Å². The van der Waals surface area contributed by atoms with E-state index in [1.54, 1.807) is 7.11 Å². The second kappa shape index (κ2) is 8.16. The maximum absolute atomic E-state index is 13.5. The summed E-state index contributed by atoms with van der Waals surface area (Å²) in [4.78, 5) is 0. The second-order valence-electron chi connectivity index (χ2n) is 4.40. The Morgan fingerprint density at radius 1 is 1.22 bits per heavy atom. The van der Waals surface area contributed by atoms with Crippen LogP contribution in [0.3, 0.4) is 0 Å². The topological polar surface area (TPSA) is 21.3 Å². The summed E-state index contributed by atoms with van der Waals surface area (Å²) in [5.74, 6) is -1.03. The SMILES string of the molecule is COCCCCCNC(C)c1ccc(F)cc1F. The van der Waals surface area contributed by atoms with Gasteiger partial charge < -0.3 is 10.1 Å². The molecule has 0 saturated heterocycles. The van der Waals surface area contributed by atoms with Gasteiger partial charge in [-0.05, 0) is 38.8 Å². The van der Waals surface area contributed by atoms with Gasteiger partial charge in [0.1, 0.15) is 11.6 Å². The first kappa shape index (κ1) is 15.1. The molecule has 2 nitrogen and oxygen atoms in total. The van der Waals surface area contributed by atoms with Crippen LogP contribution in [0.4, 0.5) is 8.78 Å². The number of benzene rings is 1. The van der Waals surface area contributed by atoms with E-state index in [1.165, 1.54) is 12.1 Å². The standard InChI is InChI=1S/C14H21F2NO/c1-11(17-8-4-3-5-9-18-2)13-7-6-12(15)10-14(13)16/h6-7,10-11,17H,3-5,8-9H2,1-2H3. The fourth-order valence-corrected chi connectivity index (χ4v) is 1.83. The Balaban J connectivity index is 2.29. The molecule has 0 spiro atoms. The molecule has 0 aliphatic heterocycles. The van der Waals surface area contributed by atoms with E-state index < -0.39 is 11.6 Å². The Kier molecular flexibility index (Phi) is 6.83. The molecule has 1 aromatic carbocycles. The maximum atomic E-state index is 13.5. The summed E-state index contributed by atoms with van der Waals surface area (Å²) < 4.78 is 31.2. The lowest BCUT2D eigenvalue weighted by molar-refractivity contribution is 0.192. The van der Waals surface area contributed by atoms with Gasteiger partial charge in [0, 0.05) is 31.4 Å². The summed E-state index contributed by atoms with van der Waals surface area (Å²) in [5.41, 5.74) is 0.508. The number of halogens is 2. The first-order valence-electron chi connectivity index (χ1n) is 6.32. The van der Waals surface area contributed by atoms with Gasteiger partial charge in [-0.1, -0.05) is 6.07 Å². The number of ether oxygens (including phenoxy) is 1. The normalized spacial score (nSPS) is 12.7. The van der Waals surface area contributed by atoms with Crippen molar-refractivity contribution in [2.45, 2.75) is 32.2 Å². The molecule has 1 aromatic rings. The number of methoxy groups -OCH3 is 1. The Labute approximate surface area is 107 Å². The van der Waals surface area contributed by atoms with E-state index >= 15 is 0 Å². The summed E-state index contributed by atoms with van der Waals surface area (Å²) in [7, 11) is 1.69. The van der Waals surface area contributed by atoms with E-state index in [9.17, 15) is 8.78 Å². The molecule has 0 aliphatic rings. The fourth-order valence-electron chi connectivity index (χ4n) is 1.83. The third-order valence-corrected chi connectivity index (χ3v) is 2.90. The third kappa shape index (κ3) is 5.10. The fraction of sp³-hybridized carbons (Fsp3) is 0.571. The minimum Gasteiger partial charge on any atom is -0.385 e. The van der Waals surface area contributed by atoms with E-state index in [1.807, 2.05) is 6.92 Å². The van der Waals surface area contributed by atoms with Crippen LogP contribution in [0.25, 0.3) is 0 Å². The average molecular weight is 257 g/mol. The quantitative estimate of drug-likeness (QED) is 0.720. The van der Waals surface area contributed by atoms with Crippen molar-refractivity contribution in [3.63, 3.8) is 0 Å². The van der Waals surface area contributed by atoms with Crippen LogP contribution >= 0.6 is 0 Å². The molecule has 4 heteroatoms. The van der Waals surface area contributed by atoms with Crippen molar-refractivity contribution in [2.75, 3.05) is 20.3 Å². The maximum Gasteiger partial charge on any atom is 0.130 e. The van der Waals surface area contributed by atoms with Crippen LogP contribution in [0.2, 0.25) is 0 Å². The van der Waals surface area contributed by atoms with Gasteiger partial charge in [-0.15, -0.1) is 0 Å². The second-order valence-corrected chi connectivity index (χ2v) is 4.40. The number of nitrogens with one attached hydrogen (secondary N) is 1. The number of hydrogen-bond donors (Lipinski definition) is 1. The van der Waals surface area contributed by atoms with E-state index in [0.29, 0.717) is 5.56 Å². The Morgan fingerprint density at radius 2 is 2.00 bits per heavy atom. The molecule has 0 amide bonds. The van der Waals surface area contributed by atoms with Gasteiger partial charge in [0.25, 0.3) is 0 Å². The summed E-state index contributed by atoms with van der Waals surface area (Å²) in [6.07, 6.45) is 3.15. The molecule has 1 rings (SSSR count). The van der Waals surface area contributed by atoms with E-state index in [0.717, 1.165) is 38.5 Å². The van der Waals surface area contributed by atoms with E-state index in [4.69, 9.17) is 4.74 Å². The molecule has 1 atom stereocenters. The van der Waals surface area contributed by atoms with E-state index in [2.05, 4.69) is 5.32 Å². The molecule has 0 aromatic heterocycles. The Bertz CT molecular complexity index is 358. The van der Waals surface area contributed by atoms with Crippen LogP contribution in [-0.2, 0) is 4.74 Å². The highest BCUT2D eigenvalue weighted by Gasteiger charge is 2.10. The van der Waals surface area contributed by atoms with Crippen molar-refractivity contribution in [3.8, 4) is 0 Å². The van der Waals surface area contributed by atoms with Crippen molar-refractivity contribution in [3.05, 3.63) is 35.4 Å². The highest BCUT2D eigenvalue weighted by Crippen LogP contribution is 2.17. The van der Waals surface area contributed by atoms with Gasteiger partial charge in [-0.3, -0.25) is 0 Å². The zero-order valence-electron chi connectivity index (χ0n) is 11.0. The zero-order chi connectivity index (χ0) is 13.4. The lowest BCUT2D eigenvalue weighted by atomic mass is 10.1. The Morgan fingerprint density at radius 3 is 2.67 bits per heavy atom. The minimum absolute atomic E-state index is 0.104. The summed E-state index contributed by atoms with van der Waals surface area (Å²) in [6, 6.07) is 3.60. The minimum atomic E-state index is -0.539. The van der Waals surface area contributed by atoms with Crippen LogP contribution in [-0.4, -0.2) is 20.3 Å². The molecule has 0 radical (unpaired) electrons. The van der Waals surface area contributed by atoms with Gasteiger partial charge >= 0.3 is 0 Å². The van der Waals surface area contributed by atoms with Gasteiger partial charge in [-0.25, -0.2) is 8.78 Å². The van der Waals surface area contributed by atoms with Crippen molar-refractivity contribution < 1.29 is 13.5 Å². The summed E-state index contributed by atoms with van der Waals surface area (Å²) >= 11 is 0. The van der Waals surface area contributed by atoms with Crippen LogP contribution in [0, 0.1) is 11.6 Å². The van der Waals surface area contributed by atoms with Crippen LogP contribution < -0.4 is 5.32 Å². The highest BCUT2D eigenvalue weighted by molar-refractivity contribution is 5.21. The molecule has 0 aliphatic carbocycles. The summed E-state index contributed by atoms with van der Waals surface area (Å²) in [6.45, 7) is 3.48. The first-order chi connectivity index (χ1) is 8.65. The van der Waals surface area contributed by atoms with E-state index in [-0.39, 0.29) is 6.04 Å². The molecular formula is C14H21F2NO. The molecule has 0 saturated carbocycles. The molecule has 0 bridgehead atoms. The highest BCUT2D eigenvalue weighted by atomic mass is 19.1. The van der Waals surface area contributed by atoms with Crippen molar-refractivity contribution in [1.29, 1.82) is 0 Å². The van der Waals surface area contributed by atoms with Gasteiger partial charge in [-0.2, -0.15) is 0 Å². The molecular weight excluding hydrogens is 236 g/mol. The third-order valence-electron chi connectivity index (χ3n) is 2.90. The number of hydrogen-bond acceptors (Lipinski definition) is 2. The molecule has 1 unspecified atom stereocenters. The zero-order valence-corrected chi connectivity index (χ0v) is 11.0. The predicted octanol–water partition coefficient (Wildman–Crippen LogP) is 3.43. The molecule has 0 fully saturated rings. The smallest absolute Gasteiger partial charge is 0.130 e. The first-order valence-corrected chi connectivity index (χ1v) is 6.32. The molecule has 1 N–H and O–H groups in total. The van der Waals surface area contributed by atoms with Crippen molar-refractivity contribution in [2.24, 2.45) is 0 Å². The summed E-state index contributed by atoms with van der Waals surface area (Å²) in [5, 5.41) is 3.23. The van der Waals surface area contributed by atoms with Crippen LogP contribution in [0.5, 0.6) is 0 Å².